The largest absolute Gasteiger partial charge is 0.490 e. The number of carboxylic acid groups (broad SMARTS) is 1. The maximum atomic E-state index is 11.6. The lowest BCUT2D eigenvalue weighted by atomic mass is 9.97. The van der Waals surface area contributed by atoms with Crippen LogP contribution in [0.2, 0.25) is 0 Å². The van der Waals surface area contributed by atoms with Crippen molar-refractivity contribution in [2.75, 3.05) is 12.0 Å². The summed E-state index contributed by atoms with van der Waals surface area (Å²) in [5.41, 5.74) is 5.75. The molecule has 2 rings (SSSR count). The minimum absolute atomic E-state index is 0.0111. The number of nitrogen functional groups attached to an aromatic ring is 1. The van der Waals surface area contributed by atoms with Crippen LogP contribution in [0.1, 0.15) is 36.0 Å². The van der Waals surface area contributed by atoms with Crippen molar-refractivity contribution in [2.45, 2.75) is 37.0 Å². The molecule has 2 unspecified atom stereocenters. The van der Waals surface area contributed by atoms with Gasteiger partial charge < -0.3 is 15.6 Å². The van der Waals surface area contributed by atoms with Crippen LogP contribution in [0.5, 0.6) is 5.75 Å². The second kappa shape index (κ2) is 5.93. The number of sulfone groups is 1. The van der Waals surface area contributed by atoms with Crippen molar-refractivity contribution in [2.24, 2.45) is 0 Å². The number of nitrogens with two attached hydrogens (primary N) is 1. The molecule has 1 aromatic carbocycles. The molecule has 6 nitrogen and oxygen atoms in total. The molecule has 0 saturated heterocycles. The highest BCUT2D eigenvalue weighted by atomic mass is 32.2. The third-order valence-electron chi connectivity index (χ3n) is 3.74. The first-order valence-corrected chi connectivity index (χ1v) is 8.71. The van der Waals surface area contributed by atoms with E-state index >= 15 is 0 Å². The molecule has 0 spiro atoms. The van der Waals surface area contributed by atoms with Crippen molar-refractivity contribution in [1.29, 1.82) is 0 Å². The van der Waals surface area contributed by atoms with Crippen LogP contribution >= 0.6 is 0 Å². The topological polar surface area (TPSA) is 107 Å². The maximum absolute atomic E-state index is 11.6. The summed E-state index contributed by atoms with van der Waals surface area (Å²) < 4.78 is 29.0. The Hall–Kier alpha value is -1.76. The van der Waals surface area contributed by atoms with Crippen LogP contribution < -0.4 is 10.5 Å². The van der Waals surface area contributed by atoms with Gasteiger partial charge >= 0.3 is 5.97 Å². The molecule has 1 aliphatic carbocycles. The molecule has 7 heteroatoms. The van der Waals surface area contributed by atoms with Crippen molar-refractivity contribution in [1.82, 2.24) is 0 Å². The highest BCUT2D eigenvalue weighted by Gasteiger charge is 2.30. The second-order valence-electron chi connectivity index (χ2n) is 5.41. The minimum Gasteiger partial charge on any atom is -0.490 e. The molecule has 1 saturated carbocycles. The Labute approximate surface area is 123 Å². The van der Waals surface area contributed by atoms with Gasteiger partial charge in [-0.2, -0.15) is 0 Å². The maximum Gasteiger partial charge on any atom is 0.337 e. The Balaban J connectivity index is 2.11. The molecule has 3 N–H and O–H groups in total. The van der Waals surface area contributed by atoms with E-state index in [1.165, 1.54) is 18.4 Å². The monoisotopic (exact) mass is 313 g/mol. The van der Waals surface area contributed by atoms with E-state index in [-0.39, 0.29) is 22.6 Å². The van der Waals surface area contributed by atoms with Crippen LogP contribution in [0.15, 0.2) is 18.2 Å². The number of rotatable bonds is 4. The van der Waals surface area contributed by atoms with E-state index in [0.717, 1.165) is 12.8 Å². The third kappa shape index (κ3) is 3.87. The van der Waals surface area contributed by atoms with E-state index < -0.39 is 15.8 Å². The van der Waals surface area contributed by atoms with Gasteiger partial charge in [-0.15, -0.1) is 0 Å². The fraction of sp³-hybridized carbons (Fsp3) is 0.500. The first-order chi connectivity index (χ1) is 9.77. The molecule has 116 valence electrons. The van der Waals surface area contributed by atoms with Gasteiger partial charge in [0.15, 0.2) is 0 Å². The Bertz CT molecular complexity index is 641. The zero-order valence-electron chi connectivity index (χ0n) is 11.8. The van der Waals surface area contributed by atoms with Crippen LogP contribution in [0.3, 0.4) is 0 Å². The Kier molecular flexibility index (Phi) is 4.41. The van der Waals surface area contributed by atoms with Gasteiger partial charge in [0.2, 0.25) is 0 Å². The lowest BCUT2D eigenvalue weighted by Gasteiger charge is -2.28. The van der Waals surface area contributed by atoms with Crippen LogP contribution in [-0.2, 0) is 9.84 Å². The normalized spacial score (nSPS) is 22.7. The third-order valence-corrected chi connectivity index (χ3v) is 5.38. The predicted molar refractivity (Wildman–Crippen MR) is 79.3 cm³/mol. The molecule has 1 aromatic rings. The summed E-state index contributed by atoms with van der Waals surface area (Å²) in [7, 11) is -3.07. The van der Waals surface area contributed by atoms with E-state index in [1.54, 1.807) is 6.07 Å². The van der Waals surface area contributed by atoms with E-state index in [2.05, 4.69) is 0 Å². The molecule has 0 bridgehead atoms. The summed E-state index contributed by atoms with van der Waals surface area (Å²) in [6.07, 6.45) is 3.66. The molecule has 2 atom stereocenters. The molecule has 0 radical (unpaired) electrons. The first-order valence-electron chi connectivity index (χ1n) is 6.75. The number of aromatic carboxylic acids is 1. The molecule has 0 amide bonds. The van der Waals surface area contributed by atoms with Gasteiger partial charge in [0.25, 0.3) is 0 Å². The van der Waals surface area contributed by atoms with Crippen molar-refractivity contribution < 1.29 is 23.1 Å². The average molecular weight is 313 g/mol. The van der Waals surface area contributed by atoms with Gasteiger partial charge in [-0.3, -0.25) is 0 Å². The Morgan fingerprint density at radius 3 is 2.71 bits per heavy atom. The van der Waals surface area contributed by atoms with Crippen LogP contribution in [-0.4, -0.2) is 37.1 Å². The van der Waals surface area contributed by atoms with Gasteiger partial charge in [-0.25, -0.2) is 13.2 Å². The van der Waals surface area contributed by atoms with E-state index in [1.807, 2.05) is 0 Å². The predicted octanol–water partition coefficient (Wildman–Crippen LogP) is 1.70. The molecular weight excluding hydrogens is 294 g/mol. The Morgan fingerprint density at radius 1 is 1.38 bits per heavy atom. The van der Waals surface area contributed by atoms with E-state index in [4.69, 9.17) is 15.6 Å². The number of anilines is 1. The molecule has 0 heterocycles. The standard InChI is InChI=1S/C14H19NO5S/c1-21(18,19)11-4-2-3-9(7-11)20-10-5-6-13(15)12(8-10)14(16)17/h5-6,8-9,11H,2-4,7,15H2,1H3,(H,16,17). The summed E-state index contributed by atoms with van der Waals surface area (Å²) in [5.74, 6) is -0.712. The average Bonchev–Trinajstić information content (AvgIpc) is 2.40. The van der Waals surface area contributed by atoms with Crippen molar-refractivity contribution in [3.63, 3.8) is 0 Å². The molecule has 1 fully saturated rings. The minimum atomic E-state index is -3.07. The molecule has 0 aliphatic heterocycles. The van der Waals surface area contributed by atoms with Gasteiger partial charge in [0.1, 0.15) is 15.6 Å². The van der Waals surface area contributed by atoms with E-state index in [0.29, 0.717) is 18.6 Å². The molecular formula is C14H19NO5S. The van der Waals surface area contributed by atoms with Crippen molar-refractivity contribution in [3.8, 4) is 5.75 Å². The smallest absolute Gasteiger partial charge is 0.337 e. The Morgan fingerprint density at radius 2 is 2.10 bits per heavy atom. The van der Waals surface area contributed by atoms with E-state index in [9.17, 15) is 13.2 Å². The number of ether oxygens (including phenoxy) is 1. The summed E-state index contributed by atoms with van der Waals surface area (Å²) in [6, 6.07) is 4.46. The first kappa shape index (κ1) is 15.6. The number of benzene rings is 1. The summed E-state index contributed by atoms with van der Waals surface area (Å²) in [4.78, 5) is 11.0. The van der Waals surface area contributed by atoms with Crippen molar-refractivity contribution >= 4 is 21.5 Å². The summed E-state index contributed by atoms with van der Waals surface area (Å²) in [5, 5.41) is 8.64. The number of hydrogen-bond donors (Lipinski definition) is 2. The zero-order valence-corrected chi connectivity index (χ0v) is 12.6. The van der Waals surface area contributed by atoms with Crippen LogP contribution in [0, 0.1) is 0 Å². The number of hydrogen-bond acceptors (Lipinski definition) is 5. The van der Waals surface area contributed by atoms with Gasteiger partial charge in [0, 0.05) is 18.4 Å². The lowest BCUT2D eigenvalue weighted by Crippen LogP contribution is -2.33. The summed E-state index contributed by atoms with van der Waals surface area (Å²) >= 11 is 0. The fourth-order valence-corrected chi connectivity index (χ4v) is 3.74. The van der Waals surface area contributed by atoms with Gasteiger partial charge in [-0.1, -0.05) is 0 Å². The number of carbonyl (C=O) groups is 1. The van der Waals surface area contributed by atoms with Crippen LogP contribution in [0.4, 0.5) is 5.69 Å². The lowest BCUT2D eigenvalue weighted by molar-refractivity contribution is 0.0697. The second-order valence-corrected chi connectivity index (χ2v) is 7.74. The van der Waals surface area contributed by atoms with Gasteiger partial charge in [0.05, 0.1) is 16.9 Å². The SMILES string of the molecule is CS(=O)(=O)C1CCCC(Oc2ccc(N)c(C(=O)O)c2)C1. The summed E-state index contributed by atoms with van der Waals surface area (Å²) in [6.45, 7) is 0. The molecule has 0 aromatic heterocycles. The van der Waals surface area contributed by atoms with Crippen molar-refractivity contribution in [3.05, 3.63) is 23.8 Å². The van der Waals surface area contributed by atoms with Gasteiger partial charge in [-0.05, 0) is 37.5 Å². The molecule has 21 heavy (non-hydrogen) atoms. The highest BCUT2D eigenvalue weighted by Crippen LogP contribution is 2.28. The quantitative estimate of drug-likeness (QED) is 0.819. The fourth-order valence-electron chi connectivity index (χ4n) is 2.58. The highest BCUT2D eigenvalue weighted by molar-refractivity contribution is 7.91. The molecule has 1 aliphatic rings. The van der Waals surface area contributed by atoms with Crippen LogP contribution in [0.25, 0.3) is 0 Å². The number of carboxylic acids is 1. The zero-order chi connectivity index (χ0) is 15.6.